The van der Waals surface area contributed by atoms with Crippen LogP contribution in [-0.2, 0) is 22.8 Å². The van der Waals surface area contributed by atoms with Gasteiger partial charge < -0.3 is 4.74 Å². The zero-order valence-corrected chi connectivity index (χ0v) is 13.0. The topological polar surface area (TPSA) is 87.3 Å². The Morgan fingerprint density at radius 1 is 1.48 bits per heavy atom. The molecule has 1 aromatic heterocycles. The summed E-state index contributed by atoms with van der Waals surface area (Å²) in [7, 11) is 1.10. The SMILES string of the molecule is CCOC(=O)C(CC)[C@H](C[N+](=O)[O-])c1cnn(C)c1C(F)(F)F. The van der Waals surface area contributed by atoms with Crippen LogP contribution in [0.4, 0.5) is 13.2 Å². The number of ether oxygens (including phenoxy) is 1. The molecule has 2 atom stereocenters. The number of halogens is 3. The van der Waals surface area contributed by atoms with Crippen LogP contribution >= 0.6 is 0 Å². The van der Waals surface area contributed by atoms with Crippen molar-refractivity contribution in [3.05, 3.63) is 27.6 Å². The second kappa shape index (κ2) is 7.42. The van der Waals surface area contributed by atoms with Crippen LogP contribution in [-0.4, -0.2) is 33.8 Å². The minimum absolute atomic E-state index is 0.0414. The van der Waals surface area contributed by atoms with Crippen molar-refractivity contribution in [2.75, 3.05) is 13.2 Å². The molecule has 0 N–H and O–H groups in total. The van der Waals surface area contributed by atoms with Crippen LogP contribution in [0.2, 0.25) is 0 Å². The fourth-order valence-electron chi connectivity index (χ4n) is 2.54. The van der Waals surface area contributed by atoms with Gasteiger partial charge in [0, 0.05) is 17.5 Å². The molecule has 1 rings (SSSR count). The van der Waals surface area contributed by atoms with Crippen LogP contribution in [0.5, 0.6) is 0 Å². The van der Waals surface area contributed by atoms with Gasteiger partial charge in [-0.1, -0.05) is 6.92 Å². The lowest BCUT2D eigenvalue weighted by atomic mass is 9.84. The molecule has 0 aliphatic carbocycles. The van der Waals surface area contributed by atoms with Gasteiger partial charge in [0.2, 0.25) is 6.54 Å². The maximum absolute atomic E-state index is 13.2. The monoisotopic (exact) mass is 337 g/mol. The first-order chi connectivity index (χ1) is 10.6. The third kappa shape index (κ3) is 4.42. The van der Waals surface area contributed by atoms with Crippen molar-refractivity contribution in [2.45, 2.75) is 32.4 Å². The van der Waals surface area contributed by atoms with Crippen molar-refractivity contribution in [3.8, 4) is 0 Å². The van der Waals surface area contributed by atoms with Crippen molar-refractivity contribution < 1.29 is 27.6 Å². The highest BCUT2D eigenvalue weighted by molar-refractivity contribution is 5.73. The molecular formula is C13H18F3N3O4. The van der Waals surface area contributed by atoms with Gasteiger partial charge in [-0.3, -0.25) is 19.6 Å². The van der Waals surface area contributed by atoms with Gasteiger partial charge in [-0.05, 0) is 13.3 Å². The molecule has 0 aliphatic rings. The van der Waals surface area contributed by atoms with Crippen LogP contribution < -0.4 is 0 Å². The van der Waals surface area contributed by atoms with E-state index in [9.17, 15) is 28.1 Å². The number of alkyl halides is 3. The molecule has 130 valence electrons. The number of carbonyl (C=O) groups excluding carboxylic acids is 1. The van der Waals surface area contributed by atoms with Crippen LogP contribution in [0.15, 0.2) is 6.20 Å². The lowest BCUT2D eigenvalue weighted by molar-refractivity contribution is -0.484. The highest BCUT2D eigenvalue weighted by Crippen LogP contribution is 2.38. The molecule has 0 saturated carbocycles. The second-order valence-corrected chi connectivity index (χ2v) is 4.96. The van der Waals surface area contributed by atoms with Crippen molar-refractivity contribution in [2.24, 2.45) is 13.0 Å². The number of carbonyl (C=O) groups is 1. The predicted octanol–water partition coefficient (Wildman–Crippen LogP) is 2.39. The number of aromatic nitrogens is 2. The van der Waals surface area contributed by atoms with Crippen molar-refractivity contribution in [3.63, 3.8) is 0 Å². The summed E-state index contributed by atoms with van der Waals surface area (Å²) in [5.41, 5.74) is -1.45. The van der Waals surface area contributed by atoms with Crippen LogP contribution in [0.25, 0.3) is 0 Å². The van der Waals surface area contributed by atoms with Crippen LogP contribution in [0.3, 0.4) is 0 Å². The number of rotatable bonds is 7. The Hall–Kier alpha value is -2.13. The fourth-order valence-corrected chi connectivity index (χ4v) is 2.54. The Labute approximate surface area is 130 Å². The third-order valence-electron chi connectivity index (χ3n) is 3.50. The quantitative estimate of drug-likeness (QED) is 0.433. The Morgan fingerprint density at radius 3 is 2.52 bits per heavy atom. The lowest BCUT2D eigenvalue weighted by Crippen LogP contribution is -2.30. The number of hydrogen-bond donors (Lipinski definition) is 0. The first kappa shape index (κ1) is 18.9. The standard InChI is InChI=1S/C13H18F3N3O4/c1-4-8(12(20)23-5-2)10(7-19(21)22)9-6-17-18(3)11(9)13(14,15)16/h6,8,10H,4-5,7H2,1-3H3/t8?,10-/m0/s1. The minimum Gasteiger partial charge on any atom is -0.466 e. The van der Waals surface area contributed by atoms with Gasteiger partial charge in [0.05, 0.1) is 24.6 Å². The molecule has 1 unspecified atom stereocenters. The molecule has 10 heteroatoms. The number of aryl methyl sites for hydroxylation is 1. The molecule has 0 aromatic carbocycles. The van der Waals surface area contributed by atoms with E-state index in [2.05, 4.69) is 5.10 Å². The lowest BCUT2D eigenvalue weighted by Gasteiger charge is -2.22. The Balaban J connectivity index is 3.37. The molecule has 0 saturated heterocycles. The summed E-state index contributed by atoms with van der Waals surface area (Å²) in [5, 5.41) is 14.5. The molecule has 1 heterocycles. The Bertz CT molecular complexity index is 571. The van der Waals surface area contributed by atoms with Gasteiger partial charge in [-0.25, -0.2) is 0 Å². The largest absolute Gasteiger partial charge is 0.466 e. The van der Waals surface area contributed by atoms with E-state index in [1.54, 1.807) is 13.8 Å². The maximum Gasteiger partial charge on any atom is 0.433 e. The van der Waals surface area contributed by atoms with Gasteiger partial charge in [0.15, 0.2) is 0 Å². The van der Waals surface area contributed by atoms with Gasteiger partial charge in [0.1, 0.15) is 5.69 Å². The molecule has 7 nitrogen and oxygen atoms in total. The fraction of sp³-hybridized carbons (Fsp3) is 0.692. The highest BCUT2D eigenvalue weighted by atomic mass is 19.4. The first-order valence-corrected chi connectivity index (χ1v) is 7.00. The summed E-state index contributed by atoms with van der Waals surface area (Å²) in [6.45, 7) is 2.35. The third-order valence-corrected chi connectivity index (χ3v) is 3.50. The zero-order valence-electron chi connectivity index (χ0n) is 13.0. The Kier molecular flexibility index (Phi) is 6.11. The smallest absolute Gasteiger partial charge is 0.433 e. The number of nitrogens with zero attached hydrogens (tertiary/aromatic N) is 3. The summed E-state index contributed by atoms with van der Waals surface area (Å²) in [4.78, 5) is 22.1. The average molecular weight is 337 g/mol. The van der Waals surface area contributed by atoms with E-state index in [0.29, 0.717) is 4.68 Å². The Morgan fingerprint density at radius 2 is 2.09 bits per heavy atom. The van der Waals surface area contributed by atoms with E-state index in [1.807, 2.05) is 0 Å². The molecule has 1 aromatic rings. The highest BCUT2D eigenvalue weighted by Gasteiger charge is 2.43. The molecular weight excluding hydrogens is 319 g/mol. The first-order valence-electron chi connectivity index (χ1n) is 7.00. The van der Waals surface area contributed by atoms with Gasteiger partial charge in [-0.15, -0.1) is 0 Å². The van der Waals surface area contributed by atoms with E-state index in [-0.39, 0.29) is 18.6 Å². The van der Waals surface area contributed by atoms with E-state index < -0.39 is 41.1 Å². The van der Waals surface area contributed by atoms with E-state index in [1.165, 1.54) is 0 Å². The average Bonchev–Trinajstić information content (AvgIpc) is 2.80. The van der Waals surface area contributed by atoms with Crippen molar-refractivity contribution >= 4 is 5.97 Å². The van der Waals surface area contributed by atoms with Gasteiger partial charge in [0.25, 0.3) is 0 Å². The van der Waals surface area contributed by atoms with Crippen LogP contribution in [0, 0.1) is 16.0 Å². The predicted molar refractivity (Wildman–Crippen MR) is 73.2 cm³/mol. The summed E-state index contributed by atoms with van der Waals surface area (Å²) in [6.07, 6.45) is -3.69. The van der Waals surface area contributed by atoms with Gasteiger partial charge >= 0.3 is 12.1 Å². The number of esters is 1. The zero-order chi connectivity index (χ0) is 17.8. The van der Waals surface area contributed by atoms with E-state index in [4.69, 9.17) is 4.74 Å². The van der Waals surface area contributed by atoms with Crippen LogP contribution in [0.1, 0.15) is 37.4 Å². The molecule has 23 heavy (non-hydrogen) atoms. The van der Waals surface area contributed by atoms with E-state index in [0.717, 1.165) is 13.2 Å². The summed E-state index contributed by atoms with van der Waals surface area (Å²) < 4.78 is 45.1. The molecule has 0 fully saturated rings. The summed E-state index contributed by atoms with van der Waals surface area (Å²) in [6, 6.07) is 0. The second-order valence-electron chi connectivity index (χ2n) is 4.96. The minimum atomic E-state index is -4.73. The van der Waals surface area contributed by atoms with Gasteiger partial charge in [-0.2, -0.15) is 18.3 Å². The summed E-state index contributed by atoms with van der Waals surface area (Å²) >= 11 is 0. The maximum atomic E-state index is 13.2. The summed E-state index contributed by atoms with van der Waals surface area (Å²) in [5.74, 6) is -3.07. The molecule has 0 aliphatic heterocycles. The number of hydrogen-bond acceptors (Lipinski definition) is 5. The van der Waals surface area contributed by atoms with Crippen molar-refractivity contribution in [1.82, 2.24) is 9.78 Å². The molecule has 0 amide bonds. The van der Waals surface area contributed by atoms with E-state index >= 15 is 0 Å². The molecule has 0 spiro atoms. The molecule has 0 bridgehead atoms. The van der Waals surface area contributed by atoms with Crippen molar-refractivity contribution in [1.29, 1.82) is 0 Å². The molecule has 0 radical (unpaired) electrons. The normalized spacial score (nSPS) is 14.3. The number of nitro groups is 1.